The Bertz CT molecular complexity index is 1710. The maximum atomic E-state index is 13.9. The van der Waals surface area contributed by atoms with Gasteiger partial charge in [-0.2, -0.15) is 10.1 Å². The molecule has 222 valence electrons. The molecule has 1 atom stereocenters. The molecule has 1 aliphatic rings. The quantitative estimate of drug-likeness (QED) is 0.249. The Labute approximate surface area is 248 Å². The van der Waals surface area contributed by atoms with E-state index in [9.17, 15) is 14.7 Å². The average molecular weight is 584 g/mol. The molecule has 0 saturated carbocycles. The van der Waals surface area contributed by atoms with E-state index >= 15 is 0 Å². The van der Waals surface area contributed by atoms with Gasteiger partial charge in [0.1, 0.15) is 5.82 Å². The molecule has 5 rings (SSSR count). The molecule has 1 aliphatic heterocycles. The van der Waals surface area contributed by atoms with Crippen LogP contribution < -0.4 is 20.9 Å². The Balaban J connectivity index is 1.49. The van der Waals surface area contributed by atoms with Crippen LogP contribution in [0.2, 0.25) is 0 Å². The number of carboxylic acids is 1. The lowest BCUT2D eigenvalue weighted by molar-refractivity contribution is -0.136. The fourth-order valence-electron chi connectivity index (χ4n) is 5.49. The first-order chi connectivity index (χ1) is 20.7. The number of anilines is 2. The molecule has 0 radical (unpaired) electrons. The number of aryl methyl sites for hydroxylation is 1. The zero-order valence-corrected chi connectivity index (χ0v) is 24.2. The van der Waals surface area contributed by atoms with Gasteiger partial charge in [0.05, 0.1) is 38.1 Å². The van der Waals surface area contributed by atoms with Gasteiger partial charge in [-0.05, 0) is 47.4 Å². The van der Waals surface area contributed by atoms with Gasteiger partial charge in [0, 0.05) is 43.4 Å². The minimum absolute atomic E-state index is 0.0959. The van der Waals surface area contributed by atoms with Crippen LogP contribution in [0.1, 0.15) is 45.2 Å². The normalized spacial score (nSPS) is 14.5. The van der Waals surface area contributed by atoms with E-state index in [4.69, 9.17) is 20.9 Å². The van der Waals surface area contributed by atoms with E-state index in [1.54, 1.807) is 42.1 Å². The Morgan fingerprint density at radius 3 is 2.65 bits per heavy atom. The first kappa shape index (κ1) is 29.1. The van der Waals surface area contributed by atoms with Crippen molar-refractivity contribution >= 4 is 29.7 Å². The average Bonchev–Trinajstić information content (AvgIpc) is 3.34. The first-order valence-electron chi connectivity index (χ1n) is 13.6. The smallest absolute Gasteiger partial charge is 0.309 e. The van der Waals surface area contributed by atoms with E-state index in [-0.39, 0.29) is 24.1 Å². The summed E-state index contributed by atoms with van der Waals surface area (Å²) in [5, 5.41) is 13.7. The zero-order valence-electron chi connectivity index (χ0n) is 24.2. The van der Waals surface area contributed by atoms with Crippen molar-refractivity contribution in [3.63, 3.8) is 0 Å². The molecule has 1 amide bonds. The molecule has 0 spiro atoms. The molecule has 0 fully saturated rings. The lowest BCUT2D eigenvalue weighted by atomic mass is 9.90. The summed E-state index contributed by atoms with van der Waals surface area (Å²) in [4.78, 5) is 35.1. The van der Waals surface area contributed by atoms with Crippen molar-refractivity contribution in [1.29, 1.82) is 0 Å². The number of carbonyl (C=O) groups excluding carboxylic acids is 1. The van der Waals surface area contributed by atoms with E-state index in [0.29, 0.717) is 47.7 Å². The van der Waals surface area contributed by atoms with E-state index in [0.717, 1.165) is 22.4 Å². The van der Waals surface area contributed by atoms with Gasteiger partial charge in [-0.1, -0.05) is 24.3 Å². The number of rotatable bonds is 9. The van der Waals surface area contributed by atoms with Crippen molar-refractivity contribution in [2.24, 2.45) is 7.05 Å². The molecule has 5 N–H and O–H groups in total. The summed E-state index contributed by atoms with van der Waals surface area (Å²) in [7, 11) is 4.85. The fraction of sp³-hybridized carbons (Fsp3) is 0.258. The Morgan fingerprint density at radius 1 is 1.14 bits per heavy atom. The number of benzene rings is 2. The molecular formula is C31H33N7O5. The number of fused-ring (bicyclic) bond motifs is 1. The number of hydrogen-bond acceptors (Lipinski definition) is 9. The molecule has 2 aromatic carbocycles. The lowest BCUT2D eigenvalue weighted by Crippen LogP contribution is -2.40. The Hall–Kier alpha value is -5.39. The third-order valence-corrected chi connectivity index (χ3v) is 7.43. The summed E-state index contributed by atoms with van der Waals surface area (Å²) >= 11 is 0. The van der Waals surface area contributed by atoms with Gasteiger partial charge in [-0.3, -0.25) is 14.3 Å². The third-order valence-electron chi connectivity index (χ3n) is 7.43. The van der Waals surface area contributed by atoms with Crippen molar-refractivity contribution in [2.45, 2.75) is 25.3 Å². The minimum atomic E-state index is -0.970. The second kappa shape index (κ2) is 12.2. The van der Waals surface area contributed by atoms with Gasteiger partial charge in [0.25, 0.3) is 0 Å². The topological polar surface area (TPSA) is 172 Å². The maximum absolute atomic E-state index is 13.9. The van der Waals surface area contributed by atoms with E-state index < -0.39 is 12.0 Å². The molecule has 0 bridgehead atoms. The highest BCUT2D eigenvalue weighted by Crippen LogP contribution is 2.37. The van der Waals surface area contributed by atoms with Crippen LogP contribution in [0.5, 0.6) is 11.5 Å². The van der Waals surface area contributed by atoms with Gasteiger partial charge in [0.2, 0.25) is 11.9 Å². The Morgan fingerprint density at radius 2 is 1.93 bits per heavy atom. The van der Waals surface area contributed by atoms with Gasteiger partial charge in [-0.15, -0.1) is 0 Å². The predicted octanol–water partition coefficient (Wildman–Crippen LogP) is 2.80. The van der Waals surface area contributed by atoms with Crippen molar-refractivity contribution < 1.29 is 24.2 Å². The standard InChI is InChI=1S/C31H33N7O5/c1-37-24(15-22(36-37)16-27(40)41)28-23-7-5-4-6-19(23)10-11-38(28)26(39)9-8-20-12-18(14-25(42-2)29(20)43-3)13-21-17-34-31(33)35-30(21)32/h4-9,12,14-15,17,28H,10-11,13,16H2,1-3H3,(H,40,41)(H4,32,33,34,35)/b9-8+. The number of nitrogens with zero attached hydrogens (tertiary/aromatic N) is 5. The van der Waals surface area contributed by atoms with Crippen molar-refractivity contribution in [3.05, 3.63) is 93.9 Å². The van der Waals surface area contributed by atoms with E-state index in [2.05, 4.69) is 21.1 Å². The molecule has 12 nitrogen and oxygen atoms in total. The second-order valence-corrected chi connectivity index (χ2v) is 10.2. The summed E-state index contributed by atoms with van der Waals surface area (Å²) in [5.41, 5.74) is 17.1. The molecule has 43 heavy (non-hydrogen) atoms. The Kier molecular flexibility index (Phi) is 8.28. The SMILES string of the molecule is COc1cc(Cc2cnc(N)nc2N)cc(/C=C/C(=O)N2CCc3ccccc3C2c2cc(CC(=O)O)nn2C)c1OC. The van der Waals surface area contributed by atoms with Crippen LogP contribution in [-0.4, -0.2) is 62.4 Å². The molecule has 0 saturated heterocycles. The number of nitrogens with two attached hydrogens (primary N) is 2. The second-order valence-electron chi connectivity index (χ2n) is 10.2. The molecule has 12 heteroatoms. The molecule has 0 aliphatic carbocycles. The molecule has 2 aromatic heterocycles. The highest BCUT2D eigenvalue weighted by Gasteiger charge is 2.33. The third kappa shape index (κ3) is 6.13. The number of nitrogen functional groups attached to an aromatic ring is 2. The van der Waals surface area contributed by atoms with Crippen LogP contribution in [-0.2, 0) is 35.9 Å². The van der Waals surface area contributed by atoms with Crippen LogP contribution in [0.25, 0.3) is 6.08 Å². The molecule has 1 unspecified atom stereocenters. The van der Waals surface area contributed by atoms with Gasteiger partial charge in [0.15, 0.2) is 11.5 Å². The van der Waals surface area contributed by atoms with Gasteiger partial charge >= 0.3 is 5.97 Å². The first-order valence-corrected chi connectivity index (χ1v) is 13.6. The van der Waals surface area contributed by atoms with Crippen LogP contribution in [0, 0.1) is 0 Å². The number of methoxy groups -OCH3 is 2. The minimum Gasteiger partial charge on any atom is -0.493 e. The highest BCUT2D eigenvalue weighted by molar-refractivity contribution is 5.93. The lowest BCUT2D eigenvalue weighted by Gasteiger charge is -2.37. The number of hydrogen-bond donors (Lipinski definition) is 3. The zero-order chi connectivity index (χ0) is 30.7. The summed E-state index contributed by atoms with van der Waals surface area (Å²) in [5.74, 6) is 0.159. The fourth-order valence-corrected chi connectivity index (χ4v) is 5.49. The summed E-state index contributed by atoms with van der Waals surface area (Å²) in [6.07, 6.45) is 5.68. The van der Waals surface area contributed by atoms with Crippen LogP contribution in [0.15, 0.2) is 54.7 Å². The van der Waals surface area contributed by atoms with Crippen LogP contribution in [0.3, 0.4) is 0 Å². The number of aliphatic carboxylic acids is 1. The van der Waals surface area contributed by atoms with E-state index in [1.807, 2.05) is 30.3 Å². The highest BCUT2D eigenvalue weighted by atomic mass is 16.5. The van der Waals surface area contributed by atoms with Gasteiger partial charge < -0.3 is 30.9 Å². The predicted molar refractivity (Wildman–Crippen MR) is 160 cm³/mol. The van der Waals surface area contributed by atoms with Crippen molar-refractivity contribution in [1.82, 2.24) is 24.6 Å². The monoisotopic (exact) mass is 583 g/mol. The number of aromatic nitrogens is 4. The largest absolute Gasteiger partial charge is 0.493 e. The summed E-state index contributed by atoms with van der Waals surface area (Å²) in [6.45, 7) is 0.473. The molecule has 4 aromatic rings. The number of carbonyl (C=O) groups is 2. The molecule has 3 heterocycles. The van der Waals surface area contributed by atoms with Crippen molar-refractivity contribution in [2.75, 3.05) is 32.2 Å². The maximum Gasteiger partial charge on any atom is 0.309 e. The van der Waals surface area contributed by atoms with Crippen LogP contribution in [0.4, 0.5) is 11.8 Å². The molecular weight excluding hydrogens is 550 g/mol. The summed E-state index contributed by atoms with van der Waals surface area (Å²) in [6, 6.07) is 13.0. The van der Waals surface area contributed by atoms with Crippen LogP contribution >= 0.6 is 0 Å². The van der Waals surface area contributed by atoms with E-state index in [1.165, 1.54) is 13.2 Å². The summed E-state index contributed by atoms with van der Waals surface area (Å²) < 4.78 is 12.9. The number of amides is 1. The number of carboxylic acid groups (broad SMARTS) is 1. The number of ether oxygens (including phenoxy) is 2. The van der Waals surface area contributed by atoms with Crippen molar-refractivity contribution in [3.8, 4) is 11.5 Å². The van der Waals surface area contributed by atoms with Gasteiger partial charge in [-0.25, -0.2) is 4.98 Å².